The minimum absolute atomic E-state index is 0.206. The molecule has 2 aromatic rings. The van der Waals surface area contributed by atoms with Crippen LogP contribution in [0.15, 0.2) is 37.2 Å². The molecule has 0 fully saturated rings. The van der Waals surface area contributed by atoms with E-state index in [1.807, 2.05) is 0 Å². The van der Waals surface area contributed by atoms with Gasteiger partial charge in [-0.15, -0.1) is 0 Å². The highest BCUT2D eigenvalue weighted by atomic mass is 16.4. The lowest BCUT2D eigenvalue weighted by Crippen LogP contribution is -2.04. The van der Waals surface area contributed by atoms with Gasteiger partial charge in [-0.2, -0.15) is 0 Å². The van der Waals surface area contributed by atoms with E-state index in [1.54, 1.807) is 17.0 Å². The second kappa shape index (κ2) is 3.29. The number of pyridine rings is 1. The number of imidazole rings is 1. The van der Waals surface area contributed by atoms with Crippen molar-refractivity contribution in [1.29, 1.82) is 0 Å². The summed E-state index contributed by atoms with van der Waals surface area (Å²) in [4.78, 5) is 18.6. The minimum atomic E-state index is -0.976. The molecule has 14 heavy (non-hydrogen) atoms. The Morgan fingerprint density at radius 3 is 2.86 bits per heavy atom. The zero-order chi connectivity index (χ0) is 9.97. The smallest absolute Gasteiger partial charge is 0.337 e. The van der Waals surface area contributed by atoms with E-state index in [9.17, 15) is 4.79 Å². The lowest BCUT2D eigenvalue weighted by Gasteiger charge is -2.04. The van der Waals surface area contributed by atoms with Gasteiger partial charge in [-0.3, -0.25) is 4.98 Å². The maximum Gasteiger partial charge on any atom is 0.337 e. The van der Waals surface area contributed by atoms with Gasteiger partial charge in [0.15, 0.2) is 0 Å². The molecule has 2 heterocycles. The van der Waals surface area contributed by atoms with Crippen molar-refractivity contribution in [2.75, 3.05) is 0 Å². The van der Waals surface area contributed by atoms with Crippen LogP contribution in [0, 0.1) is 0 Å². The summed E-state index contributed by atoms with van der Waals surface area (Å²) in [6.45, 7) is 0. The van der Waals surface area contributed by atoms with Crippen molar-refractivity contribution in [2.24, 2.45) is 0 Å². The largest absolute Gasteiger partial charge is 0.478 e. The standard InChI is InChI=1S/C9H7N3O2/c13-9(14)7-1-2-10-5-8(7)12-4-3-11-6-12/h1-6H,(H,13,14). The Morgan fingerprint density at radius 2 is 2.21 bits per heavy atom. The van der Waals surface area contributed by atoms with E-state index >= 15 is 0 Å². The number of aromatic carboxylic acids is 1. The third-order valence-corrected chi connectivity index (χ3v) is 1.81. The highest BCUT2D eigenvalue weighted by molar-refractivity contribution is 5.91. The predicted octanol–water partition coefficient (Wildman–Crippen LogP) is 0.965. The van der Waals surface area contributed by atoms with Crippen LogP contribution in [0.4, 0.5) is 0 Å². The van der Waals surface area contributed by atoms with Gasteiger partial charge in [-0.05, 0) is 6.07 Å². The van der Waals surface area contributed by atoms with Crippen LogP contribution < -0.4 is 0 Å². The monoisotopic (exact) mass is 189 g/mol. The average molecular weight is 189 g/mol. The van der Waals surface area contributed by atoms with Crippen molar-refractivity contribution in [3.63, 3.8) is 0 Å². The van der Waals surface area contributed by atoms with Crippen molar-refractivity contribution in [2.45, 2.75) is 0 Å². The minimum Gasteiger partial charge on any atom is -0.478 e. The van der Waals surface area contributed by atoms with Crippen molar-refractivity contribution in [3.8, 4) is 5.69 Å². The third kappa shape index (κ3) is 1.35. The first-order valence-electron chi connectivity index (χ1n) is 3.94. The number of aromatic nitrogens is 3. The van der Waals surface area contributed by atoms with Crippen LogP contribution in [0.25, 0.3) is 5.69 Å². The van der Waals surface area contributed by atoms with Crippen LogP contribution in [0.2, 0.25) is 0 Å². The molecule has 0 bridgehead atoms. The molecule has 5 nitrogen and oxygen atoms in total. The Hall–Kier alpha value is -2.17. The van der Waals surface area contributed by atoms with Crippen molar-refractivity contribution < 1.29 is 9.90 Å². The van der Waals surface area contributed by atoms with Gasteiger partial charge in [0.05, 0.1) is 23.8 Å². The Balaban J connectivity index is 2.58. The highest BCUT2D eigenvalue weighted by Crippen LogP contribution is 2.11. The molecule has 0 amide bonds. The number of rotatable bonds is 2. The Kier molecular flexibility index (Phi) is 1.98. The molecule has 70 valence electrons. The predicted molar refractivity (Wildman–Crippen MR) is 48.3 cm³/mol. The van der Waals surface area contributed by atoms with Crippen molar-refractivity contribution in [1.82, 2.24) is 14.5 Å². The van der Waals surface area contributed by atoms with Crippen LogP contribution >= 0.6 is 0 Å². The molecule has 0 aromatic carbocycles. The molecule has 2 rings (SSSR count). The van der Waals surface area contributed by atoms with Crippen LogP contribution in [-0.4, -0.2) is 25.6 Å². The van der Waals surface area contributed by atoms with Gasteiger partial charge in [0.25, 0.3) is 0 Å². The van der Waals surface area contributed by atoms with Crippen LogP contribution in [0.3, 0.4) is 0 Å². The van der Waals surface area contributed by atoms with E-state index in [-0.39, 0.29) is 5.56 Å². The first-order chi connectivity index (χ1) is 6.79. The zero-order valence-corrected chi connectivity index (χ0v) is 7.16. The Labute approximate surface area is 79.7 Å². The molecule has 0 saturated heterocycles. The molecule has 0 radical (unpaired) electrons. The van der Waals surface area contributed by atoms with Gasteiger partial charge in [-0.1, -0.05) is 0 Å². The van der Waals surface area contributed by atoms with Crippen LogP contribution in [0.1, 0.15) is 10.4 Å². The summed E-state index contributed by atoms with van der Waals surface area (Å²) in [5.41, 5.74) is 0.718. The average Bonchev–Trinajstić information content (AvgIpc) is 2.70. The summed E-state index contributed by atoms with van der Waals surface area (Å²) in [6, 6.07) is 1.46. The van der Waals surface area contributed by atoms with E-state index in [2.05, 4.69) is 9.97 Å². The quantitative estimate of drug-likeness (QED) is 0.764. The van der Waals surface area contributed by atoms with Crippen molar-refractivity contribution in [3.05, 3.63) is 42.7 Å². The molecule has 5 heteroatoms. The lowest BCUT2D eigenvalue weighted by atomic mass is 10.2. The summed E-state index contributed by atoms with van der Waals surface area (Å²) < 4.78 is 1.61. The topological polar surface area (TPSA) is 68.0 Å². The number of carbonyl (C=O) groups is 1. The first-order valence-corrected chi connectivity index (χ1v) is 3.94. The fraction of sp³-hybridized carbons (Fsp3) is 0. The molecule has 0 aliphatic heterocycles. The summed E-state index contributed by atoms with van der Waals surface area (Å²) in [6.07, 6.45) is 7.72. The van der Waals surface area contributed by atoms with Gasteiger partial charge in [0.2, 0.25) is 0 Å². The SMILES string of the molecule is O=C(O)c1ccncc1-n1ccnc1. The Bertz CT molecular complexity index is 451. The number of nitrogens with zero attached hydrogens (tertiary/aromatic N) is 3. The van der Waals surface area contributed by atoms with Crippen LogP contribution in [-0.2, 0) is 0 Å². The maximum absolute atomic E-state index is 10.9. The van der Waals surface area contributed by atoms with E-state index < -0.39 is 5.97 Å². The molecular weight excluding hydrogens is 182 g/mol. The fourth-order valence-corrected chi connectivity index (χ4v) is 1.17. The van der Waals surface area contributed by atoms with E-state index in [1.165, 1.54) is 24.8 Å². The molecule has 0 atom stereocenters. The second-order valence-corrected chi connectivity index (χ2v) is 2.67. The summed E-state index contributed by atoms with van der Waals surface area (Å²) in [7, 11) is 0. The first kappa shape index (κ1) is 8.43. The molecule has 0 saturated carbocycles. The summed E-state index contributed by atoms with van der Waals surface area (Å²) in [5.74, 6) is -0.976. The molecule has 2 aromatic heterocycles. The lowest BCUT2D eigenvalue weighted by molar-refractivity contribution is 0.0697. The summed E-state index contributed by atoms with van der Waals surface area (Å²) in [5, 5.41) is 8.90. The van der Waals surface area contributed by atoms with Gasteiger partial charge in [0, 0.05) is 18.6 Å². The zero-order valence-electron chi connectivity index (χ0n) is 7.16. The molecular formula is C9H7N3O2. The number of carboxylic acid groups (broad SMARTS) is 1. The fourth-order valence-electron chi connectivity index (χ4n) is 1.17. The molecule has 0 aliphatic carbocycles. The van der Waals surface area contributed by atoms with E-state index in [0.29, 0.717) is 5.69 Å². The third-order valence-electron chi connectivity index (χ3n) is 1.81. The van der Waals surface area contributed by atoms with Crippen LogP contribution in [0.5, 0.6) is 0 Å². The normalized spacial score (nSPS) is 10.0. The van der Waals surface area contributed by atoms with Gasteiger partial charge < -0.3 is 9.67 Å². The van der Waals surface area contributed by atoms with Gasteiger partial charge in [-0.25, -0.2) is 9.78 Å². The number of carboxylic acids is 1. The van der Waals surface area contributed by atoms with E-state index in [4.69, 9.17) is 5.11 Å². The molecule has 0 aliphatic rings. The Morgan fingerprint density at radius 1 is 1.36 bits per heavy atom. The van der Waals surface area contributed by atoms with Gasteiger partial charge in [0.1, 0.15) is 0 Å². The molecule has 0 spiro atoms. The molecule has 0 unspecified atom stereocenters. The number of hydrogen-bond acceptors (Lipinski definition) is 3. The van der Waals surface area contributed by atoms with Crippen molar-refractivity contribution >= 4 is 5.97 Å². The second-order valence-electron chi connectivity index (χ2n) is 2.67. The van der Waals surface area contributed by atoms with Gasteiger partial charge >= 0.3 is 5.97 Å². The molecule has 1 N–H and O–H groups in total. The highest BCUT2D eigenvalue weighted by Gasteiger charge is 2.10. The van der Waals surface area contributed by atoms with E-state index in [0.717, 1.165) is 0 Å². The summed E-state index contributed by atoms with van der Waals surface area (Å²) >= 11 is 0. The maximum atomic E-state index is 10.9. The number of hydrogen-bond donors (Lipinski definition) is 1.